The van der Waals surface area contributed by atoms with E-state index >= 15 is 0 Å². The minimum Gasteiger partial charge on any atom is -0.496 e. The molecule has 0 bridgehead atoms. The topological polar surface area (TPSA) is 55.4 Å². The molecule has 0 heterocycles. The summed E-state index contributed by atoms with van der Waals surface area (Å²) in [6.45, 7) is 2.56. The van der Waals surface area contributed by atoms with Gasteiger partial charge in [0, 0.05) is 34.1 Å². The Morgan fingerprint density at radius 2 is 1.87 bits per heavy atom. The number of hydrogen-bond donors (Lipinski definition) is 1. The molecule has 0 radical (unpaired) electrons. The highest BCUT2D eigenvalue weighted by molar-refractivity contribution is 7.84. The fourth-order valence-corrected chi connectivity index (χ4v) is 2.83. The maximum atomic E-state index is 12.1. The highest BCUT2D eigenvalue weighted by atomic mass is 32.2. The van der Waals surface area contributed by atoms with Gasteiger partial charge >= 0.3 is 0 Å². The van der Waals surface area contributed by atoms with Crippen molar-refractivity contribution in [3.63, 3.8) is 0 Å². The molecule has 0 spiro atoms. The number of ether oxygens (including phenoxy) is 1. The number of hydrogen-bond acceptors (Lipinski definition) is 3. The average Bonchev–Trinajstić information content (AvgIpc) is 2.55. The Morgan fingerprint density at radius 1 is 1.17 bits per heavy atom. The third-order valence-corrected chi connectivity index (χ3v) is 4.50. The molecule has 2 aromatic rings. The van der Waals surface area contributed by atoms with Gasteiger partial charge < -0.3 is 10.1 Å². The predicted molar refractivity (Wildman–Crippen MR) is 92.5 cm³/mol. The smallest absolute Gasteiger partial charge is 0.251 e. The quantitative estimate of drug-likeness (QED) is 0.885. The van der Waals surface area contributed by atoms with Crippen molar-refractivity contribution in [2.75, 3.05) is 19.9 Å². The van der Waals surface area contributed by atoms with Gasteiger partial charge in [-0.2, -0.15) is 0 Å². The lowest BCUT2D eigenvalue weighted by Gasteiger charge is -2.10. The fourth-order valence-electron chi connectivity index (χ4n) is 2.31. The van der Waals surface area contributed by atoms with E-state index in [0.717, 1.165) is 16.9 Å². The molecule has 0 saturated heterocycles. The van der Waals surface area contributed by atoms with E-state index in [1.807, 2.05) is 19.1 Å². The Labute approximate surface area is 139 Å². The molecular formula is C18H21NO3S. The molecule has 2 aromatic carbocycles. The van der Waals surface area contributed by atoms with E-state index in [-0.39, 0.29) is 5.91 Å². The lowest BCUT2D eigenvalue weighted by atomic mass is 10.1. The Kier molecular flexibility index (Phi) is 5.93. The van der Waals surface area contributed by atoms with Crippen LogP contribution in [0.2, 0.25) is 0 Å². The van der Waals surface area contributed by atoms with Crippen LogP contribution >= 0.6 is 0 Å². The van der Waals surface area contributed by atoms with Gasteiger partial charge in [0.25, 0.3) is 5.91 Å². The summed E-state index contributed by atoms with van der Waals surface area (Å²) in [5.41, 5.74) is 2.80. The van der Waals surface area contributed by atoms with Gasteiger partial charge in [-0.25, -0.2) is 0 Å². The van der Waals surface area contributed by atoms with Gasteiger partial charge in [-0.1, -0.05) is 17.7 Å². The van der Waals surface area contributed by atoms with Crippen molar-refractivity contribution in [1.29, 1.82) is 0 Å². The van der Waals surface area contributed by atoms with Gasteiger partial charge in [0.05, 0.1) is 7.11 Å². The van der Waals surface area contributed by atoms with Gasteiger partial charge in [-0.05, 0) is 49.2 Å². The number of nitrogens with one attached hydrogen (secondary N) is 1. The van der Waals surface area contributed by atoms with E-state index in [9.17, 15) is 9.00 Å². The Hall–Kier alpha value is -2.14. The number of benzene rings is 2. The molecule has 5 heteroatoms. The van der Waals surface area contributed by atoms with Crippen LogP contribution in [0.4, 0.5) is 0 Å². The minimum atomic E-state index is -1.03. The zero-order valence-corrected chi connectivity index (χ0v) is 14.4. The third-order valence-electron chi connectivity index (χ3n) is 3.56. The van der Waals surface area contributed by atoms with E-state index in [4.69, 9.17) is 4.74 Å². The maximum Gasteiger partial charge on any atom is 0.251 e. The molecule has 4 nitrogen and oxygen atoms in total. The predicted octanol–water partition coefficient (Wildman–Crippen LogP) is 2.71. The summed E-state index contributed by atoms with van der Waals surface area (Å²) in [4.78, 5) is 12.8. The molecule has 2 rings (SSSR count). The van der Waals surface area contributed by atoms with Crippen LogP contribution in [-0.4, -0.2) is 30.0 Å². The van der Waals surface area contributed by atoms with E-state index in [1.165, 1.54) is 0 Å². The zero-order chi connectivity index (χ0) is 16.8. The van der Waals surface area contributed by atoms with Crippen molar-refractivity contribution >= 4 is 16.7 Å². The summed E-state index contributed by atoms with van der Waals surface area (Å²) in [5.74, 6) is 0.699. The van der Waals surface area contributed by atoms with Crippen LogP contribution in [0.1, 0.15) is 21.5 Å². The molecule has 1 N–H and O–H groups in total. The largest absolute Gasteiger partial charge is 0.496 e. The molecule has 1 atom stereocenters. The minimum absolute atomic E-state index is 0.134. The molecule has 122 valence electrons. The molecule has 0 aromatic heterocycles. The first kappa shape index (κ1) is 17.2. The first-order valence-corrected chi connectivity index (χ1v) is 8.92. The van der Waals surface area contributed by atoms with E-state index < -0.39 is 10.8 Å². The number of aryl methyl sites for hydroxylation is 1. The van der Waals surface area contributed by atoms with Crippen LogP contribution in [0.5, 0.6) is 5.75 Å². The van der Waals surface area contributed by atoms with Crippen molar-refractivity contribution in [1.82, 2.24) is 5.32 Å². The Balaban J connectivity index is 1.94. The molecule has 1 unspecified atom stereocenters. The number of carbonyl (C=O) groups is 1. The SMILES string of the molecule is COc1ccc(C)cc1CCNC(=O)c1ccc(S(C)=O)cc1. The third kappa shape index (κ3) is 4.66. The number of rotatable bonds is 6. The molecule has 0 aliphatic heterocycles. The summed E-state index contributed by atoms with van der Waals surface area (Å²) >= 11 is 0. The highest BCUT2D eigenvalue weighted by Gasteiger charge is 2.07. The van der Waals surface area contributed by atoms with Crippen molar-refractivity contribution < 1.29 is 13.7 Å². The Bertz CT molecular complexity index is 711. The highest BCUT2D eigenvalue weighted by Crippen LogP contribution is 2.19. The molecule has 0 aliphatic carbocycles. The maximum absolute atomic E-state index is 12.1. The van der Waals surface area contributed by atoms with Crippen molar-refractivity contribution in [3.8, 4) is 5.75 Å². The van der Waals surface area contributed by atoms with Crippen LogP contribution in [0.3, 0.4) is 0 Å². The monoisotopic (exact) mass is 331 g/mol. The second-order valence-electron chi connectivity index (χ2n) is 5.30. The van der Waals surface area contributed by atoms with Crippen LogP contribution in [0.25, 0.3) is 0 Å². The lowest BCUT2D eigenvalue weighted by molar-refractivity contribution is 0.0954. The normalized spacial score (nSPS) is 11.8. The summed E-state index contributed by atoms with van der Waals surface area (Å²) in [6, 6.07) is 12.8. The molecule has 0 saturated carbocycles. The standard InChI is InChI=1S/C18H21NO3S/c1-13-4-9-17(22-2)15(12-13)10-11-19-18(20)14-5-7-16(8-6-14)23(3)21/h4-9,12H,10-11H2,1-3H3,(H,19,20). The second kappa shape index (κ2) is 7.92. The van der Waals surface area contributed by atoms with Gasteiger partial charge in [0.2, 0.25) is 0 Å². The number of carbonyl (C=O) groups excluding carboxylic acids is 1. The Morgan fingerprint density at radius 3 is 2.48 bits per heavy atom. The molecule has 0 aliphatic rings. The molecule has 23 heavy (non-hydrogen) atoms. The van der Waals surface area contributed by atoms with Gasteiger partial charge in [0.15, 0.2) is 0 Å². The summed E-state index contributed by atoms with van der Waals surface area (Å²) in [5, 5.41) is 2.90. The molecule has 0 fully saturated rings. The first-order chi connectivity index (χ1) is 11.0. The summed E-state index contributed by atoms with van der Waals surface area (Å²) in [7, 11) is 0.612. The van der Waals surface area contributed by atoms with Crippen LogP contribution in [-0.2, 0) is 17.2 Å². The first-order valence-electron chi connectivity index (χ1n) is 7.36. The fraction of sp³-hybridized carbons (Fsp3) is 0.278. The van der Waals surface area contributed by atoms with Gasteiger partial charge in [-0.15, -0.1) is 0 Å². The van der Waals surface area contributed by atoms with Crippen LogP contribution in [0, 0.1) is 6.92 Å². The van der Waals surface area contributed by atoms with Crippen molar-refractivity contribution in [3.05, 3.63) is 59.2 Å². The van der Waals surface area contributed by atoms with Crippen molar-refractivity contribution in [2.45, 2.75) is 18.2 Å². The van der Waals surface area contributed by atoms with E-state index in [2.05, 4.69) is 11.4 Å². The molecule has 1 amide bonds. The lowest BCUT2D eigenvalue weighted by Crippen LogP contribution is -2.25. The van der Waals surface area contributed by atoms with Crippen LogP contribution in [0.15, 0.2) is 47.4 Å². The summed E-state index contributed by atoms with van der Waals surface area (Å²) < 4.78 is 16.7. The van der Waals surface area contributed by atoms with Crippen molar-refractivity contribution in [2.24, 2.45) is 0 Å². The second-order valence-corrected chi connectivity index (χ2v) is 6.68. The van der Waals surface area contributed by atoms with Gasteiger partial charge in [-0.3, -0.25) is 9.00 Å². The van der Waals surface area contributed by atoms with E-state index in [0.29, 0.717) is 23.4 Å². The van der Waals surface area contributed by atoms with E-state index in [1.54, 1.807) is 37.6 Å². The number of methoxy groups -OCH3 is 1. The number of amides is 1. The zero-order valence-electron chi connectivity index (χ0n) is 13.6. The molecular weight excluding hydrogens is 310 g/mol. The average molecular weight is 331 g/mol. The van der Waals surface area contributed by atoms with Gasteiger partial charge in [0.1, 0.15) is 5.75 Å². The summed E-state index contributed by atoms with van der Waals surface area (Å²) in [6.07, 6.45) is 2.32. The van der Waals surface area contributed by atoms with Crippen LogP contribution < -0.4 is 10.1 Å².